The van der Waals surface area contributed by atoms with Crippen LogP contribution in [-0.2, 0) is 4.79 Å². The lowest BCUT2D eigenvalue weighted by Crippen LogP contribution is -2.30. The summed E-state index contributed by atoms with van der Waals surface area (Å²) >= 11 is 3.46. The molecule has 2 N–H and O–H groups in total. The number of nitrogens with one attached hydrogen (secondary N) is 2. The van der Waals surface area contributed by atoms with Crippen molar-refractivity contribution < 1.29 is 4.79 Å². The molecule has 0 atom stereocenters. The minimum atomic E-state index is 0.0372. The summed E-state index contributed by atoms with van der Waals surface area (Å²) in [5.74, 6) is 0.0372. The molecule has 17 heavy (non-hydrogen) atoms. The van der Waals surface area contributed by atoms with Gasteiger partial charge in [0, 0.05) is 16.7 Å². The van der Waals surface area contributed by atoms with Gasteiger partial charge in [0.25, 0.3) is 0 Å². The van der Waals surface area contributed by atoms with Gasteiger partial charge in [0.2, 0.25) is 5.91 Å². The highest BCUT2D eigenvalue weighted by Crippen LogP contribution is 2.20. The van der Waals surface area contributed by atoms with Gasteiger partial charge in [0.05, 0.1) is 6.54 Å². The van der Waals surface area contributed by atoms with E-state index in [0.29, 0.717) is 6.54 Å². The molecule has 1 amide bonds. The quantitative estimate of drug-likeness (QED) is 0.793. The zero-order chi connectivity index (χ0) is 12.7. The number of rotatable bonds is 6. The monoisotopic (exact) mass is 298 g/mol. The van der Waals surface area contributed by atoms with Crippen LogP contribution in [0.2, 0.25) is 0 Å². The van der Waals surface area contributed by atoms with Crippen molar-refractivity contribution in [2.24, 2.45) is 0 Å². The van der Waals surface area contributed by atoms with E-state index in [-0.39, 0.29) is 5.91 Å². The summed E-state index contributed by atoms with van der Waals surface area (Å²) in [4.78, 5) is 11.5. The molecular formula is C13H19BrN2O. The summed E-state index contributed by atoms with van der Waals surface area (Å²) in [5, 5.41) is 5.96. The molecule has 0 aliphatic carbocycles. The van der Waals surface area contributed by atoms with Gasteiger partial charge in [0.1, 0.15) is 0 Å². The fourth-order valence-corrected chi connectivity index (χ4v) is 1.73. The van der Waals surface area contributed by atoms with Gasteiger partial charge in [-0.25, -0.2) is 0 Å². The van der Waals surface area contributed by atoms with Gasteiger partial charge >= 0.3 is 0 Å². The molecule has 0 spiro atoms. The number of halogens is 1. The van der Waals surface area contributed by atoms with Gasteiger partial charge in [-0.05, 0) is 31.0 Å². The number of hydrogen-bond acceptors (Lipinski definition) is 2. The highest BCUT2D eigenvalue weighted by atomic mass is 79.9. The number of hydrogen-bond donors (Lipinski definition) is 2. The molecule has 1 aromatic carbocycles. The molecule has 0 aromatic heterocycles. The first-order chi connectivity index (χ1) is 8.13. The summed E-state index contributed by atoms with van der Waals surface area (Å²) < 4.78 is 1.05. The molecule has 0 bridgehead atoms. The van der Waals surface area contributed by atoms with Gasteiger partial charge in [-0.3, -0.25) is 4.79 Å². The number of unbranched alkanes of at least 4 members (excludes halogenated alkanes) is 1. The van der Waals surface area contributed by atoms with Crippen LogP contribution in [0.5, 0.6) is 0 Å². The molecule has 94 valence electrons. The molecule has 0 aliphatic rings. The van der Waals surface area contributed by atoms with Crippen molar-refractivity contribution in [1.82, 2.24) is 5.32 Å². The Morgan fingerprint density at radius 2 is 2.18 bits per heavy atom. The normalized spacial score (nSPS) is 10.1. The molecule has 0 heterocycles. The smallest absolute Gasteiger partial charge is 0.239 e. The number of benzene rings is 1. The first-order valence-corrected chi connectivity index (χ1v) is 6.69. The van der Waals surface area contributed by atoms with Crippen LogP contribution in [0.1, 0.15) is 25.3 Å². The Balaban J connectivity index is 2.34. The van der Waals surface area contributed by atoms with E-state index in [4.69, 9.17) is 0 Å². The van der Waals surface area contributed by atoms with Crippen LogP contribution in [0.15, 0.2) is 22.7 Å². The van der Waals surface area contributed by atoms with Crippen molar-refractivity contribution in [3.63, 3.8) is 0 Å². The van der Waals surface area contributed by atoms with E-state index >= 15 is 0 Å². The molecule has 4 heteroatoms. The van der Waals surface area contributed by atoms with Crippen molar-refractivity contribution in [3.05, 3.63) is 28.2 Å². The van der Waals surface area contributed by atoms with Crippen LogP contribution in [0, 0.1) is 6.92 Å². The van der Waals surface area contributed by atoms with Gasteiger partial charge in [-0.15, -0.1) is 0 Å². The van der Waals surface area contributed by atoms with Crippen molar-refractivity contribution in [3.8, 4) is 0 Å². The third-order valence-corrected chi connectivity index (χ3v) is 3.33. The fraction of sp³-hybridized carbons (Fsp3) is 0.462. The minimum Gasteiger partial charge on any atom is -0.376 e. The van der Waals surface area contributed by atoms with E-state index in [1.54, 1.807) is 0 Å². The molecule has 0 saturated carbocycles. The third-order valence-electron chi connectivity index (χ3n) is 2.48. The third kappa shape index (κ3) is 5.22. The maximum atomic E-state index is 11.5. The van der Waals surface area contributed by atoms with Crippen molar-refractivity contribution >= 4 is 27.5 Å². The van der Waals surface area contributed by atoms with Crippen LogP contribution in [0.3, 0.4) is 0 Å². The maximum absolute atomic E-state index is 11.5. The Morgan fingerprint density at radius 3 is 2.82 bits per heavy atom. The van der Waals surface area contributed by atoms with Crippen LogP contribution < -0.4 is 10.6 Å². The average molecular weight is 299 g/mol. The molecule has 0 saturated heterocycles. The van der Waals surface area contributed by atoms with Crippen molar-refractivity contribution in [2.75, 3.05) is 18.4 Å². The van der Waals surface area contributed by atoms with Crippen LogP contribution in [0.4, 0.5) is 5.69 Å². The standard InChI is InChI=1S/C13H19BrN2O/c1-3-4-7-15-13(17)9-16-11-6-5-10(2)12(14)8-11/h5-6,8,16H,3-4,7,9H2,1-2H3,(H,15,17). The first kappa shape index (κ1) is 14.0. The number of carbonyl (C=O) groups is 1. The van der Waals surface area contributed by atoms with E-state index in [1.165, 1.54) is 5.56 Å². The summed E-state index contributed by atoms with van der Waals surface area (Å²) in [5.41, 5.74) is 2.14. The van der Waals surface area contributed by atoms with E-state index in [9.17, 15) is 4.79 Å². The maximum Gasteiger partial charge on any atom is 0.239 e. The zero-order valence-corrected chi connectivity index (χ0v) is 11.9. The first-order valence-electron chi connectivity index (χ1n) is 5.90. The van der Waals surface area contributed by atoms with Crippen LogP contribution >= 0.6 is 15.9 Å². The lowest BCUT2D eigenvalue weighted by molar-refractivity contribution is -0.119. The molecule has 1 aromatic rings. The summed E-state index contributed by atoms with van der Waals surface area (Å²) in [6.45, 7) is 5.22. The van der Waals surface area contributed by atoms with Crippen molar-refractivity contribution in [2.45, 2.75) is 26.7 Å². The second-order valence-electron chi connectivity index (χ2n) is 4.02. The number of aryl methyl sites for hydroxylation is 1. The lowest BCUT2D eigenvalue weighted by Gasteiger charge is -2.08. The van der Waals surface area contributed by atoms with Gasteiger partial charge in [-0.1, -0.05) is 35.3 Å². The largest absolute Gasteiger partial charge is 0.376 e. The minimum absolute atomic E-state index is 0.0372. The number of carbonyl (C=O) groups excluding carboxylic acids is 1. The number of amides is 1. The van der Waals surface area contributed by atoms with Gasteiger partial charge in [0.15, 0.2) is 0 Å². The Labute approximate surface area is 111 Å². The van der Waals surface area contributed by atoms with Crippen LogP contribution in [-0.4, -0.2) is 19.0 Å². The molecular weight excluding hydrogens is 280 g/mol. The molecule has 0 radical (unpaired) electrons. The van der Waals surface area contributed by atoms with E-state index in [0.717, 1.165) is 29.5 Å². The lowest BCUT2D eigenvalue weighted by atomic mass is 10.2. The topological polar surface area (TPSA) is 41.1 Å². The fourth-order valence-electron chi connectivity index (χ4n) is 1.35. The van der Waals surface area contributed by atoms with E-state index in [1.807, 2.05) is 25.1 Å². The predicted molar refractivity (Wildman–Crippen MR) is 75.3 cm³/mol. The van der Waals surface area contributed by atoms with Gasteiger partial charge < -0.3 is 10.6 Å². The Hall–Kier alpha value is -1.03. The Morgan fingerprint density at radius 1 is 1.41 bits per heavy atom. The molecule has 1 rings (SSSR count). The molecule has 3 nitrogen and oxygen atoms in total. The summed E-state index contributed by atoms with van der Waals surface area (Å²) in [6.07, 6.45) is 2.13. The SMILES string of the molecule is CCCCNC(=O)CNc1ccc(C)c(Br)c1. The second-order valence-corrected chi connectivity index (χ2v) is 4.88. The molecule has 0 aliphatic heterocycles. The zero-order valence-electron chi connectivity index (χ0n) is 10.3. The average Bonchev–Trinajstić information content (AvgIpc) is 2.31. The Bertz CT molecular complexity index is 380. The van der Waals surface area contributed by atoms with E-state index < -0.39 is 0 Å². The predicted octanol–water partition coefficient (Wildman–Crippen LogP) is 3.09. The van der Waals surface area contributed by atoms with Crippen molar-refractivity contribution in [1.29, 1.82) is 0 Å². The highest BCUT2D eigenvalue weighted by Gasteiger charge is 2.01. The number of anilines is 1. The van der Waals surface area contributed by atoms with Gasteiger partial charge in [-0.2, -0.15) is 0 Å². The van der Waals surface area contributed by atoms with E-state index in [2.05, 4.69) is 33.5 Å². The summed E-state index contributed by atoms with van der Waals surface area (Å²) in [7, 11) is 0. The molecule has 0 fully saturated rings. The Kier molecular flexibility index (Phi) is 6.05. The van der Waals surface area contributed by atoms with Crippen LogP contribution in [0.25, 0.3) is 0 Å². The highest BCUT2D eigenvalue weighted by molar-refractivity contribution is 9.10. The summed E-state index contributed by atoms with van der Waals surface area (Å²) in [6, 6.07) is 5.97. The molecule has 0 unspecified atom stereocenters. The second kappa shape index (κ2) is 7.33.